The van der Waals surface area contributed by atoms with E-state index in [-0.39, 0.29) is 5.56 Å². The van der Waals surface area contributed by atoms with Crippen LogP contribution in [0.3, 0.4) is 0 Å². The number of H-pyrrole nitrogens is 1. The number of rotatable bonds is 2. The summed E-state index contributed by atoms with van der Waals surface area (Å²) in [5.74, 6) is 0.781. The second-order valence-corrected chi connectivity index (χ2v) is 3.30. The zero-order valence-electron chi connectivity index (χ0n) is 8.70. The number of benzene rings is 1. The van der Waals surface area contributed by atoms with Crippen LogP contribution in [0.15, 0.2) is 23.3 Å². The van der Waals surface area contributed by atoms with Crippen LogP contribution in [0.2, 0.25) is 0 Å². The molecule has 0 radical (unpaired) electrons. The van der Waals surface area contributed by atoms with Crippen molar-refractivity contribution in [2.75, 3.05) is 6.61 Å². The summed E-state index contributed by atoms with van der Waals surface area (Å²) in [4.78, 5) is 18.1. The fourth-order valence-electron chi connectivity index (χ4n) is 1.52. The summed E-state index contributed by atoms with van der Waals surface area (Å²) in [6.07, 6.45) is 1.40. The summed E-state index contributed by atoms with van der Waals surface area (Å²) in [7, 11) is 0. The molecule has 0 bridgehead atoms. The lowest BCUT2D eigenvalue weighted by molar-refractivity contribution is 0.338. The highest BCUT2D eigenvalue weighted by Crippen LogP contribution is 2.21. The van der Waals surface area contributed by atoms with Crippen molar-refractivity contribution in [3.05, 3.63) is 34.4 Å². The molecule has 0 amide bonds. The van der Waals surface area contributed by atoms with Gasteiger partial charge in [0.15, 0.2) is 0 Å². The largest absolute Gasteiger partial charge is 0.494 e. The van der Waals surface area contributed by atoms with Crippen LogP contribution < -0.4 is 10.3 Å². The van der Waals surface area contributed by atoms with Crippen LogP contribution >= 0.6 is 0 Å². The molecule has 15 heavy (non-hydrogen) atoms. The fourth-order valence-corrected chi connectivity index (χ4v) is 1.52. The van der Waals surface area contributed by atoms with Gasteiger partial charge in [-0.2, -0.15) is 0 Å². The van der Waals surface area contributed by atoms with Gasteiger partial charge in [-0.3, -0.25) is 4.79 Å². The maximum atomic E-state index is 11.5. The molecule has 1 N–H and O–H groups in total. The van der Waals surface area contributed by atoms with Crippen LogP contribution in [-0.4, -0.2) is 16.6 Å². The molecule has 1 aromatic carbocycles. The van der Waals surface area contributed by atoms with Gasteiger partial charge in [-0.15, -0.1) is 0 Å². The smallest absolute Gasteiger partial charge is 0.258 e. The van der Waals surface area contributed by atoms with Crippen LogP contribution in [0.4, 0.5) is 0 Å². The lowest BCUT2D eigenvalue weighted by Crippen LogP contribution is -2.07. The zero-order chi connectivity index (χ0) is 10.8. The predicted molar refractivity (Wildman–Crippen MR) is 58.3 cm³/mol. The Labute approximate surface area is 86.9 Å². The Morgan fingerprint density at radius 2 is 2.27 bits per heavy atom. The molecule has 4 heteroatoms. The number of aryl methyl sites for hydroxylation is 1. The Kier molecular flexibility index (Phi) is 2.41. The Bertz CT molecular complexity index is 546. The number of nitrogens with one attached hydrogen (secondary N) is 1. The Hall–Kier alpha value is -1.84. The average molecular weight is 204 g/mol. The highest BCUT2D eigenvalue weighted by atomic mass is 16.5. The first-order chi connectivity index (χ1) is 7.22. The van der Waals surface area contributed by atoms with Crippen LogP contribution in [0.5, 0.6) is 5.75 Å². The molecule has 1 heterocycles. The van der Waals surface area contributed by atoms with Crippen molar-refractivity contribution in [2.45, 2.75) is 13.8 Å². The normalized spacial score (nSPS) is 10.5. The fraction of sp³-hybridized carbons (Fsp3) is 0.273. The zero-order valence-corrected chi connectivity index (χ0v) is 8.70. The molecule has 0 aliphatic heterocycles. The first kappa shape index (κ1) is 9.71. The van der Waals surface area contributed by atoms with E-state index in [2.05, 4.69) is 9.97 Å². The number of hydrogen-bond acceptors (Lipinski definition) is 3. The Morgan fingerprint density at radius 3 is 3.00 bits per heavy atom. The van der Waals surface area contributed by atoms with Gasteiger partial charge in [0.25, 0.3) is 5.56 Å². The van der Waals surface area contributed by atoms with Crippen LogP contribution in [0.25, 0.3) is 10.9 Å². The predicted octanol–water partition coefficient (Wildman–Crippen LogP) is 1.63. The standard InChI is InChI=1S/C11H12N2O2/c1-3-15-10-5-9-8(4-7(10)2)11(14)13-6-12-9/h4-6H,3H2,1-2H3,(H,12,13,14). The van der Waals surface area contributed by atoms with Gasteiger partial charge in [0, 0.05) is 6.07 Å². The first-order valence-electron chi connectivity index (χ1n) is 4.83. The van der Waals surface area contributed by atoms with Gasteiger partial charge in [-0.1, -0.05) is 0 Å². The number of nitrogens with zero attached hydrogens (tertiary/aromatic N) is 1. The molecule has 2 rings (SSSR count). The Balaban J connectivity index is 2.71. The van der Waals surface area contributed by atoms with Gasteiger partial charge in [0.1, 0.15) is 5.75 Å². The van der Waals surface area contributed by atoms with E-state index in [0.717, 1.165) is 11.3 Å². The molecule has 0 unspecified atom stereocenters. The van der Waals surface area contributed by atoms with E-state index in [1.165, 1.54) is 6.33 Å². The van der Waals surface area contributed by atoms with Crippen molar-refractivity contribution in [1.82, 2.24) is 9.97 Å². The lowest BCUT2D eigenvalue weighted by Gasteiger charge is -2.07. The topological polar surface area (TPSA) is 55.0 Å². The number of fused-ring (bicyclic) bond motifs is 1. The summed E-state index contributed by atoms with van der Waals surface area (Å²) >= 11 is 0. The third-order valence-corrected chi connectivity index (χ3v) is 2.24. The Morgan fingerprint density at radius 1 is 1.47 bits per heavy atom. The minimum Gasteiger partial charge on any atom is -0.494 e. The van der Waals surface area contributed by atoms with E-state index in [1.54, 1.807) is 12.1 Å². The molecule has 0 atom stereocenters. The molecule has 0 saturated carbocycles. The monoisotopic (exact) mass is 204 g/mol. The summed E-state index contributed by atoms with van der Waals surface area (Å²) in [5, 5.41) is 0.596. The van der Waals surface area contributed by atoms with E-state index in [4.69, 9.17) is 4.74 Å². The van der Waals surface area contributed by atoms with Gasteiger partial charge < -0.3 is 9.72 Å². The van der Waals surface area contributed by atoms with Gasteiger partial charge >= 0.3 is 0 Å². The van der Waals surface area contributed by atoms with Crippen LogP contribution in [-0.2, 0) is 0 Å². The van der Waals surface area contributed by atoms with Crippen molar-refractivity contribution in [3.63, 3.8) is 0 Å². The summed E-state index contributed by atoms with van der Waals surface area (Å²) in [6, 6.07) is 3.59. The molecule has 0 aliphatic rings. The maximum Gasteiger partial charge on any atom is 0.258 e. The minimum atomic E-state index is -0.119. The molecule has 78 valence electrons. The number of aromatic amines is 1. The van der Waals surface area contributed by atoms with Crippen molar-refractivity contribution in [1.29, 1.82) is 0 Å². The van der Waals surface area contributed by atoms with Crippen molar-refractivity contribution in [2.24, 2.45) is 0 Å². The van der Waals surface area contributed by atoms with E-state index < -0.39 is 0 Å². The number of ether oxygens (including phenoxy) is 1. The second kappa shape index (κ2) is 3.73. The van der Waals surface area contributed by atoms with Gasteiger partial charge in [0.2, 0.25) is 0 Å². The van der Waals surface area contributed by atoms with Crippen LogP contribution in [0.1, 0.15) is 12.5 Å². The van der Waals surface area contributed by atoms with E-state index >= 15 is 0 Å². The van der Waals surface area contributed by atoms with Gasteiger partial charge in [-0.25, -0.2) is 4.98 Å². The molecular weight excluding hydrogens is 192 g/mol. The van der Waals surface area contributed by atoms with Gasteiger partial charge in [-0.05, 0) is 25.5 Å². The molecule has 0 aliphatic carbocycles. The first-order valence-corrected chi connectivity index (χ1v) is 4.83. The average Bonchev–Trinajstić information content (AvgIpc) is 2.21. The summed E-state index contributed by atoms with van der Waals surface area (Å²) < 4.78 is 5.43. The van der Waals surface area contributed by atoms with Crippen molar-refractivity contribution < 1.29 is 4.74 Å². The lowest BCUT2D eigenvalue weighted by atomic mass is 10.1. The molecule has 4 nitrogen and oxygen atoms in total. The molecular formula is C11H12N2O2. The third-order valence-electron chi connectivity index (χ3n) is 2.24. The van der Waals surface area contributed by atoms with Crippen LogP contribution in [0, 0.1) is 6.92 Å². The van der Waals surface area contributed by atoms with E-state index in [0.29, 0.717) is 17.5 Å². The van der Waals surface area contributed by atoms with E-state index in [1.807, 2.05) is 13.8 Å². The molecule has 0 fully saturated rings. The minimum absolute atomic E-state index is 0.119. The third kappa shape index (κ3) is 1.70. The second-order valence-electron chi connectivity index (χ2n) is 3.30. The number of aromatic nitrogens is 2. The quantitative estimate of drug-likeness (QED) is 0.808. The number of hydrogen-bond donors (Lipinski definition) is 1. The highest BCUT2D eigenvalue weighted by molar-refractivity contribution is 5.80. The summed E-state index contributed by atoms with van der Waals surface area (Å²) in [6.45, 7) is 4.45. The van der Waals surface area contributed by atoms with Crippen molar-refractivity contribution >= 4 is 10.9 Å². The summed E-state index contributed by atoms with van der Waals surface area (Å²) in [5.41, 5.74) is 1.49. The molecule has 1 aromatic heterocycles. The molecule has 0 spiro atoms. The SMILES string of the molecule is CCOc1cc2nc[nH]c(=O)c2cc1C. The molecule has 2 aromatic rings. The van der Waals surface area contributed by atoms with Crippen molar-refractivity contribution in [3.8, 4) is 5.75 Å². The van der Waals surface area contributed by atoms with Gasteiger partial charge in [0.05, 0.1) is 23.8 Å². The highest BCUT2D eigenvalue weighted by Gasteiger charge is 2.05. The van der Waals surface area contributed by atoms with E-state index in [9.17, 15) is 4.79 Å². The maximum absolute atomic E-state index is 11.5. The molecule has 0 saturated heterocycles.